The third-order valence-corrected chi connectivity index (χ3v) is 2.94. The summed E-state index contributed by atoms with van der Waals surface area (Å²) in [7, 11) is 1.64. The minimum Gasteiger partial charge on any atom is -0.496 e. The van der Waals surface area contributed by atoms with Gasteiger partial charge in [0.15, 0.2) is 0 Å². The molecule has 0 radical (unpaired) electrons. The van der Waals surface area contributed by atoms with Crippen molar-refractivity contribution in [2.75, 3.05) is 13.7 Å². The van der Waals surface area contributed by atoms with Gasteiger partial charge in [-0.05, 0) is 11.6 Å². The van der Waals surface area contributed by atoms with E-state index in [9.17, 15) is 4.79 Å². The first-order valence-electron chi connectivity index (χ1n) is 5.30. The highest BCUT2D eigenvalue weighted by molar-refractivity contribution is 5.68. The molecule has 86 valence electrons. The quantitative estimate of drug-likeness (QED) is 0.809. The van der Waals surface area contributed by atoms with Gasteiger partial charge in [-0.15, -0.1) is 0 Å². The van der Waals surface area contributed by atoms with Gasteiger partial charge < -0.3 is 15.2 Å². The fraction of sp³-hybridized carbons (Fsp3) is 0.417. The molecule has 2 rings (SSSR count). The molecule has 1 heterocycles. The number of carbonyl (C=O) groups is 1. The number of ether oxygens (including phenoxy) is 1. The van der Waals surface area contributed by atoms with E-state index in [1.54, 1.807) is 7.11 Å². The summed E-state index contributed by atoms with van der Waals surface area (Å²) in [5.41, 5.74) is 2.18. The third-order valence-electron chi connectivity index (χ3n) is 2.94. The second-order valence-electron chi connectivity index (χ2n) is 3.95. The van der Waals surface area contributed by atoms with Crippen molar-refractivity contribution in [2.24, 2.45) is 0 Å². The van der Waals surface area contributed by atoms with Crippen molar-refractivity contribution in [1.29, 1.82) is 0 Å². The van der Waals surface area contributed by atoms with Gasteiger partial charge in [-0.3, -0.25) is 4.79 Å². The fourth-order valence-corrected chi connectivity index (χ4v) is 2.22. The van der Waals surface area contributed by atoms with Gasteiger partial charge in [-0.2, -0.15) is 0 Å². The highest BCUT2D eigenvalue weighted by Gasteiger charge is 2.24. The number of hydrogen-bond acceptors (Lipinski definition) is 3. The Labute approximate surface area is 94.2 Å². The summed E-state index contributed by atoms with van der Waals surface area (Å²) in [6.45, 7) is 1.46. The van der Waals surface area contributed by atoms with Crippen LogP contribution in [0.1, 0.15) is 23.5 Å². The zero-order chi connectivity index (χ0) is 11.5. The van der Waals surface area contributed by atoms with E-state index in [-0.39, 0.29) is 12.3 Å². The molecule has 2 N–H and O–H groups in total. The number of carboxylic acid groups (broad SMARTS) is 1. The van der Waals surface area contributed by atoms with Gasteiger partial charge in [0.1, 0.15) is 5.75 Å². The van der Waals surface area contributed by atoms with Gasteiger partial charge in [0.05, 0.1) is 13.5 Å². The van der Waals surface area contributed by atoms with Crippen LogP contribution >= 0.6 is 0 Å². The number of carboxylic acids is 1. The fourth-order valence-electron chi connectivity index (χ4n) is 2.22. The van der Waals surface area contributed by atoms with Crippen molar-refractivity contribution in [3.8, 4) is 5.75 Å². The van der Waals surface area contributed by atoms with Crippen molar-refractivity contribution in [1.82, 2.24) is 5.32 Å². The molecule has 0 spiro atoms. The molecule has 4 heteroatoms. The van der Waals surface area contributed by atoms with Gasteiger partial charge in [0, 0.05) is 24.6 Å². The number of hydrogen-bond donors (Lipinski definition) is 2. The predicted molar refractivity (Wildman–Crippen MR) is 59.7 cm³/mol. The molecule has 0 bridgehead atoms. The lowest BCUT2D eigenvalue weighted by Gasteiger charge is -2.26. The van der Waals surface area contributed by atoms with E-state index >= 15 is 0 Å². The first-order chi connectivity index (χ1) is 7.72. The summed E-state index contributed by atoms with van der Waals surface area (Å²) in [5, 5.41) is 12.1. The van der Waals surface area contributed by atoms with Crippen molar-refractivity contribution in [3.05, 3.63) is 29.3 Å². The maximum Gasteiger partial charge on any atom is 0.304 e. The van der Waals surface area contributed by atoms with Crippen LogP contribution in [0.15, 0.2) is 18.2 Å². The van der Waals surface area contributed by atoms with E-state index in [0.717, 1.165) is 23.4 Å². The van der Waals surface area contributed by atoms with Crippen LogP contribution < -0.4 is 10.1 Å². The van der Waals surface area contributed by atoms with Crippen LogP contribution in [0, 0.1) is 0 Å². The lowest BCUT2D eigenvalue weighted by atomic mass is 9.88. The number of aliphatic carboxylic acids is 1. The number of benzene rings is 1. The van der Waals surface area contributed by atoms with Gasteiger partial charge in [-0.1, -0.05) is 12.1 Å². The maximum absolute atomic E-state index is 10.8. The molecule has 0 aromatic heterocycles. The maximum atomic E-state index is 10.8. The van der Waals surface area contributed by atoms with Gasteiger partial charge >= 0.3 is 5.97 Å². The SMILES string of the molecule is COc1cccc2c1CNCC2CC(=O)O. The molecule has 1 aromatic carbocycles. The molecule has 0 amide bonds. The van der Waals surface area contributed by atoms with Gasteiger partial charge in [0.2, 0.25) is 0 Å². The molecule has 0 saturated heterocycles. The lowest BCUT2D eigenvalue weighted by Crippen LogP contribution is -2.29. The summed E-state index contributed by atoms with van der Waals surface area (Å²) >= 11 is 0. The lowest BCUT2D eigenvalue weighted by molar-refractivity contribution is -0.137. The van der Waals surface area contributed by atoms with Crippen molar-refractivity contribution in [3.63, 3.8) is 0 Å². The average molecular weight is 221 g/mol. The van der Waals surface area contributed by atoms with Crippen LogP contribution in [0.3, 0.4) is 0 Å². The van der Waals surface area contributed by atoms with Crippen molar-refractivity contribution in [2.45, 2.75) is 18.9 Å². The zero-order valence-electron chi connectivity index (χ0n) is 9.19. The van der Waals surface area contributed by atoms with E-state index in [4.69, 9.17) is 9.84 Å². The van der Waals surface area contributed by atoms with E-state index in [1.807, 2.05) is 18.2 Å². The first-order valence-corrected chi connectivity index (χ1v) is 5.30. The summed E-state index contributed by atoms with van der Waals surface area (Å²) in [5.74, 6) is 0.110. The summed E-state index contributed by atoms with van der Waals surface area (Å²) in [4.78, 5) is 10.8. The highest BCUT2D eigenvalue weighted by atomic mass is 16.5. The summed E-state index contributed by atoms with van der Waals surface area (Å²) < 4.78 is 5.28. The normalized spacial score (nSPS) is 18.9. The second kappa shape index (κ2) is 4.53. The average Bonchev–Trinajstić information content (AvgIpc) is 2.28. The van der Waals surface area contributed by atoms with E-state index in [0.29, 0.717) is 6.54 Å². The summed E-state index contributed by atoms with van der Waals surface area (Å²) in [6, 6.07) is 5.81. The molecule has 0 fully saturated rings. The Morgan fingerprint density at radius 2 is 2.44 bits per heavy atom. The van der Waals surface area contributed by atoms with E-state index in [1.165, 1.54) is 0 Å². The largest absolute Gasteiger partial charge is 0.496 e. The first kappa shape index (κ1) is 11.0. The molecule has 1 aliphatic heterocycles. The van der Waals surface area contributed by atoms with Crippen LogP contribution in [0.4, 0.5) is 0 Å². The molecule has 4 nitrogen and oxygen atoms in total. The Morgan fingerprint density at radius 1 is 1.62 bits per heavy atom. The van der Waals surface area contributed by atoms with Crippen LogP contribution in [0.25, 0.3) is 0 Å². The second-order valence-corrected chi connectivity index (χ2v) is 3.95. The molecule has 1 atom stereocenters. The zero-order valence-corrected chi connectivity index (χ0v) is 9.19. The minimum atomic E-state index is -0.762. The number of methoxy groups -OCH3 is 1. The van der Waals surface area contributed by atoms with Crippen LogP contribution in [-0.4, -0.2) is 24.7 Å². The predicted octanol–water partition coefficient (Wildman–Crippen LogP) is 1.36. The number of rotatable bonds is 3. The Bertz CT molecular complexity index is 403. The monoisotopic (exact) mass is 221 g/mol. The van der Waals surface area contributed by atoms with Crippen LogP contribution in [-0.2, 0) is 11.3 Å². The minimum absolute atomic E-state index is 0.0383. The Morgan fingerprint density at radius 3 is 3.12 bits per heavy atom. The highest BCUT2D eigenvalue weighted by Crippen LogP contribution is 2.32. The molecular weight excluding hydrogens is 206 g/mol. The molecular formula is C12H15NO3. The summed E-state index contributed by atoms with van der Waals surface area (Å²) in [6.07, 6.45) is 0.160. The molecule has 1 aromatic rings. The molecule has 1 aliphatic rings. The smallest absolute Gasteiger partial charge is 0.304 e. The molecule has 0 saturated carbocycles. The molecule has 16 heavy (non-hydrogen) atoms. The van der Waals surface area contributed by atoms with Crippen LogP contribution in [0.2, 0.25) is 0 Å². The standard InChI is InChI=1S/C12H15NO3/c1-16-11-4-2-3-9-8(5-12(14)15)6-13-7-10(9)11/h2-4,8,13H,5-7H2,1H3,(H,14,15). The molecule has 1 unspecified atom stereocenters. The Hall–Kier alpha value is -1.55. The number of fused-ring (bicyclic) bond motifs is 1. The van der Waals surface area contributed by atoms with Crippen molar-refractivity contribution >= 4 is 5.97 Å². The Kier molecular flexibility index (Phi) is 3.10. The van der Waals surface area contributed by atoms with Crippen molar-refractivity contribution < 1.29 is 14.6 Å². The third kappa shape index (κ3) is 2.02. The number of nitrogens with one attached hydrogen (secondary N) is 1. The Balaban J connectivity index is 2.35. The molecule has 0 aliphatic carbocycles. The van der Waals surface area contributed by atoms with E-state index in [2.05, 4.69) is 5.32 Å². The van der Waals surface area contributed by atoms with Gasteiger partial charge in [-0.25, -0.2) is 0 Å². The van der Waals surface area contributed by atoms with E-state index < -0.39 is 5.97 Å². The van der Waals surface area contributed by atoms with Gasteiger partial charge in [0.25, 0.3) is 0 Å². The topological polar surface area (TPSA) is 58.6 Å². The van der Waals surface area contributed by atoms with Crippen LogP contribution in [0.5, 0.6) is 5.75 Å².